The SMILES string of the molecule is Cc1cccc(-c2nnc3n2CC(c2nnc(-c4cn(C)nn4)o2)CC3)c1. The van der Waals surface area contributed by atoms with E-state index in [9.17, 15) is 0 Å². The van der Waals surface area contributed by atoms with Crippen LogP contribution in [0.4, 0.5) is 0 Å². The molecule has 9 nitrogen and oxygen atoms in total. The van der Waals surface area contributed by atoms with Gasteiger partial charge in [-0.25, -0.2) is 0 Å². The molecule has 0 spiro atoms. The highest BCUT2D eigenvalue weighted by Gasteiger charge is 2.28. The Balaban J connectivity index is 1.45. The Kier molecular flexibility index (Phi) is 3.59. The minimum absolute atomic E-state index is 0.120. The van der Waals surface area contributed by atoms with Gasteiger partial charge in [0.1, 0.15) is 5.82 Å². The van der Waals surface area contributed by atoms with E-state index in [2.05, 4.69) is 60.4 Å². The lowest BCUT2D eigenvalue weighted by molar-refractivity contribution is 0.373. The predicted octanol–water partition coefficient (Wildman–Crippen LogP) is 2.16. The third kappa shape index (κ3) is 2.80. The van der Waals surface area contributed by atoms with Crippen LogP contribution in [0.3, 0.4) is 0 Å². The van der Waals surface area contributed by atoms with Gasteiger partial charge in [0.05, 0.1) is 12.1 Å². The molecule has 4 heterocycles. The van der Waals surface area contributed by atoms with E-state index in [-0.39, 0.29) is 5.92 Å². The summed E-state index contributed by atoms with van der Waals surface area (Å²) >= 11 is 0. The molecule has 0 bridgehead atoms. The van der Waals surface area contributed by atoms with Crippen molar-refractivity contribution in [1.29, 1.82) is 0 Å². The first-order valence-electron chi connectivity index (χ1n) is 8.86. The van der Waals surface area contributed by atoms with Crippen molar-refractivity contribution in [2.45, 2.75) is 32.2 Å². The van der Waals surface area contributed by atoms with Crippen molar-refractivity contribution in [3.05, 3.63) is 47.7 Å². The molecule has 0 amide bonds. The summed E-state index contributed by atoms with van der Waals surface area (Å²) in [7, 11) is 1.80. The molecule has 0 N–H and O–H groups in total. The maximum atomic E-state index is 5.89. The fourth-order valence-electron chi connectivity index (χ4n) is 3.47. The van der Waals surface area contributed by atoms with Crippen molar-refractivity contribution in [1.82, 2.24) is 40.0 Å². The summed E-state index contributed by atoms with van der Waals surface area (Å²) in [6, 6.07) is 8.30. The summed E-state index contributed by atoms with van der Waals surface area (Å²) in [5.74, 6) is 3.01. The van der Waals surface area contributed by atoms with E-state index < -0.39 is 0 Å². The molecule has 3 aromatic heterocycles. The average Bonchev–Trinajstić information content (AvgIpc) is 3.40. The fraction of sp³-hybridized carbons (Fsp3) is 0.333. The molecule has 9 heteroatoms. The van der Waals surface area contributed by atoms with Crippen LogP contribution in [0, 0.1) is 6.92 Å². The largest absolute Gasteiger partial charge is 0.419 e. The van der Waals surface area contributed by atoms with Crippen LogP contribution in [0.25, 0.3) is 23.0 Å². The first kappa shape index (κ1) is 15.9. The van der Waals surface area contributed by atoms with Gasteiger partial charge in [-0.2, -0.15) is 0 Å². The van der Waals surface area contributed by atoms with Gasteiger partial charge in [-0.15, -0.1) is 25.5 Å². The number of hydrogen-bond acceptors (Lipinski definition) is 7. The molecule has 0 radical (unpaired) electrons. The summed E-state index contributed by atoms with van der Waals surface area (Å²) < 4.78 is 9.66. The van der Waals surface area contributed by atoms with Gasteiger partial charge < -0.3 is 8.98 Å². The third-order valence-electron chi connectivity index (χ3n) is 4.83. The molecule has 0 aliphatic carbocycles. The zero-order chi connectivity index (χ0) is 18.4. The molecule has 1 aliphatic heterocycles. The van der Waals surface area contributed by atoms with Crippen molar-refractivity contribution < 1.29 is 4.42 Å². The minimum atomic E-state index is 0.120. The van der Waals surface area contributed by atoms with E-state index in [4.69, 9.17) is 4.42 Å². The molecule has 1 atom stereocenters. The van der Waals surface area contributed by atoms with Crippen molar-refractivity contribution in [2.24, 2.45) is 7.05 Å². The topological polar surface area (TPSA) is 100 Å². The van der Waals surface area contributed by atoms with Crippen LogP contribution in [-0.2, 0) is 20.0 Å². The Morgan fingerprint density at radius 1 is 1.11 bits per heavy atom. The van der Waals surface area contributed by atoms with Crippen LogP contribution in [-0.4, -0.2) is 40.0 Å². The Morgan fingerprint density at radius 2 is 2.04 bits per heavy atom. The summed E-state index contributed by atoms with van der Waals surface area (Å²) in [4.78, 5) is 0. The van der Waals surface area contributed by atoms with E-state index in [1.165, 1.54) is 5.56 Å². The van der Waals surface area contributed by atoms with Crippen LogP contribution in [0.2, 0.25) is 0 Å². The molecule has 27 heavy (non-hydrogen) atoms. The van der Waals surface area contributed by atoms with Gasteiger partial charge in [0.2, 0.25) is 5.89 Å². The standard InChI is InChI=1S/C18H18N8O/c1-11-4-3-5-12(8-11)16-21-20-15-7-6-13(9-26(15)16)17-22-23-18(27-17)14-10-25(2)24-19-14/h3-5,8,10,13H,6-7,9H2,1-2H3. The smallest absolute Gasteiger partial charge is 0.269 e. The van der Waals surface area contributed by atoms with Crippen LogP contribution < -0.4 is 0 Å². The first-order chi connectivity index (χ1) is 13.2. The summed E-state index contributed by atoms with van der Waals surface area (Å²) in [6.07, 6.45) is 3.48. The van der Waals surface area contributed by atoms with Crippen molar-refractivity contribution in [3.63, 3.8) is 0 Å². The Hall–Kier alpha value is -3.36. The number of nitrogens with zero attached hydrogens (tertiary/aromatic N) is 8. The Bertz CT molecular complexity index is 1110. The van der Waals surface area contributed by atoms with Gasteiger partial charge in [0, 0.05) is 25.6 Å². The molecular weight excluding hydrogens is 344 g/mol. The summed E-state index contributed by atoms with van der Waals surface area (Å²) in [5, 5.41) is 25.1. The average molecular weight is 362 g/mol. The van der Waals surface area contributed by atoms with Gasteiger partial charge in [0.15, 0.2) is 11.5 Å². The van der Waals surface area contributed by atoms with Gasteiger partial charge >= 0.3 is 0 Å². The Morgan fingerprint density at radius 3 is 2.85 bits per heavy atom. The second-order valence-electron chi connectivity index (χ2n) is 6.88. The predicted molar refractivity (Wildman–Crippen MR) is 95.6 cm³/mol. The van der Waals surface area contributed by atoms with Gasteiger partial charge in [0.25, 0.3) is 5.89 Å². The van der Waals surface area contributed by atoms with Gasteiger partial charge in [-0.1, -0.05) is 29.0 Å². The zero-order valence-corrected chi connectivity index (χ0v) is 15.1. The summed E-state index contributed by atoms with van der Waals surface area (Å²) in [5.41, 5.74) is 2.85. The molecule has 4 aromatic rings. The Labute approximate surface area is 155 Å². The molecule has 1 unspecified atom stereocenters. The van der Waals surface area contributed by atoms with Crippen molar-refractivity contribution in [3.8, 4) is 23.0 Å². The highest BCUT2D eigenvalue weighted by molar-refractivity contribution is 5.56. The maximum absolute atomic E-state index is 5.89. The summed E-state index contributed by atoms with van der Waals surface area (Å²) in [6.45, 7) is 2.79. The number of aromatic nitrogens is 8. The van der Waals surface area contributed by atoms with Crippen LogP contribution in [0.15, 0.2) is 34.9 Å². The molecule has 136 valence electrons. The second kappa shape index (κ2) is 6.11. The van der Waals surface area contributed by atoms with E-state index in [0.29, 0.717) is 24.0 Å². The molecule has 0 saturated heterocycles. The van der Waals surface area contributed by atoms with E-state index in [1.54, 1.807) is 17.9 Å². The van der Waals surface area contributed by atoms with Crippen LogP contribution in [0.5, 0.6) is 0 Å². The number of benzene rings is 1. The zero-order valence-electron chi connectivity index (χ0n) is 15.1. The quantitative estimate of drug-likeness (QED) is 0.550. The third-order valence-corrected chi connectivity index (χ3v) is 4.83. The monoisotopic (exact) mass is 362 g/mol. The molecule has 1 aromatic carbocycles. The van der Waals surface area contributed by atoms with Crippen LogP contribution >= 0.6 is 0 Å². The number of aryl methyl sites for hydroxylation is 3. The fourth-order valence-corrected chi connectivity index (χ4v) is 3.47. The van der Waals surface area contributed by atoms with Crippen molar-refractivity contribution >= 4 is 0 Å². The first-order valence-corrected chi connectivity index (χ1v) is 8.86. The van der Waals surface area contributed by atoms with Gasteiger partial charge in [-0.05, 0) is 19.4 Å². The highest BCUT2D eigenvalue weighted by Crippen LogP contribution is 2.32. The maximum Gasteiger partial charge on any atom is 0.269 e. The van der Waals surface area contributed by atoms with E-state index in [0.717, 1.165) is 30.1 Å². The number of fused-ring (bicyclic) bond motifs is 1. The normalized spacial score (nSPS) is 16.4. The minimum Gasteiger partial charge on any atom is -0.419 e. The van der Waals surface area contributed by atoms with Gasteiger partial charge in [-0.3, -0.25) is 4.68 Å². The highest BCUT2D eigenvalue weighted by atomic mass is 16.4. The molecule has 5 rings (SSSR count). The van der Waals surface area contributed by atoms with E-state index in [1.807, 2.05) is 6.07 Å². The lowest BCUT2D eigenvalue weighted by Crippen LogP contribution is -2.20. The van der Waals surface area contributed by atoms with Crippen molar-refractivity contribution in [2.75, 3.05) is 0 Å². The van der Waals surface area contributed by atoms with Crippen LogP contribution in [0.1, 0.15) is 29.6 Å². The number of rotatable bonds is 3. The molecular formula is C18H18N8O. The number of hydrogen-bond donors (Lipinski definition) is 0. The second-order valence-corrected chi connectivity index (χ2v) is 6.88. The molecule has 0 saturated carbocycles. The molecule has 0 fully saturated rings. The van der Waals surface area contributed by atoms with E-state index >= 15 is 0 Å². The molecule has 1 aliphatic rings. The lowest BCUT2D eigenvalue weighted by atomic mass is 9.99. The lowest BCUT2D eigenvalue weighted by Gasteiger charge is -2.21.